The fraction of sp³-hybridized carbons (Fsp3) is 0.286. The van der Waals surface area contributed by atoms with Crippen molar-refractivity contribution in [2.75, 3.05) is 0 Å². The Morgan fingerprint density at radius 2 is 1.90 bits per heavy atom. The number of furan rings is 1. The molecular weight excluding hydrogens is 263 g/mol. The number of rotatable bonds is 5. The third-order valence-electron chi connectivity index (χ3n) is 2.95. The van der Waals surface area contributed by atoms with E-state index < -0.39 is 4.92 Å². The number of hydrogen-bond donors (Lipinski definition) is 1. The van der Waals surface area contributed by atoms with E-state index in [1.54, 1.807) is 32.0 Å². The van der Waals surface area contributed by atoms with Crippen LogP contribution in [0.25, 0.3) is 0 Å². The Balaban J connectivity index is 1.94. The van der Waals surface area contributed by atoms with E-state index in [0.717, 1.165) is 5.56 Å². The lowest BCUT2D eigenvalue weighted by Crippen LogP contribution is -2.12. The van der Waals surface area contributed by atoms with E-state index in [0.29, 0.717) is 30.0 Å². The van der Waals surface area contributed by atoms with Gasteiger partial charge in [0.2, 0.25) is 0 Å². The fourth-order valence-corrected chi connectivity index (χ4v) is 2.03. The minimum Gasteiger partial charge on any atom is -0.404 e. The Morgan fingerprint density at radius 1 is 1.25 bits per heavy atom. The van der Waals surface area contributed by atoms with E-state index in [2.05, 4.69) is 5.32 Å². The molecule has 106 valence electrons. The maximum absolute atomic E-state index is 13.5. The molecule has 0 aliphatic carbocycles. The molecule has 0 fully saturated rings. The maximum Gasteiger partial charge on any atom is 0.433 e. The molecule has 0 saturated heterocycles. The molecule has 0 spiro atoms. The van der Waals surface area contributed by atoms with E-state index in [4.69, 9.17) is 4.42 Å². The van der Waals surface area contributed by atoms with Gasteiger partial charge in [-0.3, -0.25) is 10.1 Å². The van der Waals surface area contributed by atoms with Gasteiger partial charge in [0.25, 0.3) is 0 Å². The van der Waals surface area contributed by atoms with Crippen LogP contribution in [0.5, 0.6) is 0 Å². The molecule has 0 unspecified atom stereocenters. The largest absolute Gasteiger partial charge is 0.433 e. The van der Waals surface area contributed by atoms with Crippen LogP contribution in [0.2, 0.25) is 0 Å². The molecule has 0 aliphatic heterocycles. The summed E-state index contributed by atoms with van der Waals surface area (Å²) in [4.78, 5) is 9.90. The molecule has 0 radical (unpaired) electrons. The second kappa shape index (κ2) is 5.83. The van der Waals surface area contributed by atoms with Crippen LogP contribution in [0.1, 0.15) is 22.5 Å². The first-order chi connectivity index (χ1) is 9.47. The van der Waals surface area contributed by atoms with E-state index in [1.165, 1.54) is 6.07 Å². The van der Waals surface area contributed by atoms with Crippen molar-refractivity contribution in [3.8, 4) is 0 Å². The van der Waals surface area contributed by atoms with E-state index in [9.17, 15) is 14.5 Å². The lowest BCUT2D eigenvalue weighted by molar-refractivity contribution is -0.402. The highest BCUT2D eigenvalue weighted by Gasteiger charge is 2.11. The molecular formula is C14H15FN2O3. The number of nitrogens with zero attached hydrogens (tertiary/aromatic N) is 1. The summed E-state index contributed by atoms with van der Waals surface area (Å²) < 4.78 is 18.5. The van der Waals surface area contributed by atoms with Crippen LogP contribution in [0.3, 0.4) is 0 Å². The molecule has 2 rings (SSSR count). The Bertz CT molecular complexity index is 614. The summed E-state index contributed by atoms with van der Waals surface area (Å²) in [7, 11) is 0. The summed E-state index contributed by atoms with van der Waals surface area (Å²) in [5, 5.41) is 13.6. The molecule has 1 N–H and O–H groups in total. The average molecular weight is 278 g/mol. The third-order valence-corrected chi connectivity index (χ3v) is 2.95. The van der Waals surface area contributed by atoms with Crippen LogP contribution in [-0.2, 0) is 13.1 Å². The first kappa shape index (κ1) is 14.2. The highest BCUT2D eigenvalue weighted by atomic mass is 19.1. The van der Waals surface area contributed by atoms with Crippen molar-refractivity contribution in [3.63, 3.8) is 0 Å². The second-order valence-electron chi connectivity index (χ2n) is 4.64. The van der Waals surface area contributed by atoms with E-state index in [-0.39, 0.29) is 11.7 Å². The van der Waals surface area contributed by atoms with Gasteiger partial charge in [-0.1, -0.05) is 12.1 Å². The van der Waals surface area contributed by atoms with Crippen LogP contribution in [0.15, 0.2) is 28.7 Å². The van der Waals surface area contributed by atoms with Crippen LogP contribution in [0.4, 0.5) is 10.3 Å². The van der Waals surface area contributed by atoms with Gasteiger partial charge < -0.3 is 9.73 Å². The van der Waals surface area contributed by atoms with Crippen molar-refractivity contribution in [2.45, 2.75) is 26.9 Å². The first-order valence-electron chi connectivity index (χ1n) is 6.17. The SMILES string of the molecule is Cc1cc(CNCc2ccc([N+](=O)[O-])o2)cc(C)c1F. The fourth-order valence-electron chi connectivity index (χ4n) is 2.03. The predicted octanol–water partition coefficient (Wildman–Crippen LogP) is 3.23. The van der Waals surface area contributed by atoms with Crippen molar-refractivity contribution in [1.82, 2.24) is 5.32 Å². The molecule has 1 heterocycles. The van der Waals surface area contributed by atoms with Gasteiger partial charge in [0.15, 0.2) is 0 Å². The number of nitrogens with one attached hydrogen (secondary N) is 1. The zero-order valence-corrected chi connectivity index (χ0v) is 11.3. The number of aryl methyl sites for hydroxylation is 2. The van der Waals surface area contributed by atoms with Gasteiger partial charge in [0, 0.05) is 6.54 Å². The Morgan fingerprint density at radius 3 is 2.45 bits per heavy atom. The van der Waals surface area contributed by atoms with Crippen molar-refractivity contribution < 1.29 is 13.7 Å². The molecule has 5 nitrogen and oxygen atoms in total. The minimum absolute atomic E-state index is 0.185. The van der Waals surface area contributed by atoms with Gasteiger partial charge in [-0.15, -0.1) is 0 Å². The molecule has 1 aromatic carbocycles. The lowest BCUT2D eigenvalue weighted by atomic mass is 10.1. The smallest absolute Gasteiger partial charge is 0.404 e. The summed E-state index contributed by atoms with van der Waals surface area (Å²) in [6, 6.07) is 6.44. The van der Waals surface area contributed by atoms with Gasteiger partial charge in [0.1, 0.15) is 16.5 Å². The van der Waals surface area contributed by atoms with Gasteiger partial charge in [-0.25, -0.2) is 4.39 Å². The third kappa shape index (κ3) is 3.21. The molecule has 0 saturated carbocycles. The number of benzene rings is 1. The van der Waals surface area contributed by atoms with E-state index in [1.807, 2.05) is 0 Å². The molecule has 6 heteroatoms. The number of nitro groups is 1. The van der Waals surface area contributed by atoms with Gasteiger partial charge in [-0.2, -0.15) is 0 Å². The monoisotopic (exact) mass is 278 g/mol. The second-order valence-corrected chi connectivity index (χ2v) is 4.64. The van der Waals surface area contributed by atoms with Crippen LogP contribution in [0, 0.1) is 29.8 Å². The van der Waals surface area contributed by atoms with Crippen LogP contribution >= 0.6 is 0 Å². The van der Waals surface area contributed by atoms with E-state index >= 15 is 0 Å². The molecule has 20 heavy (non-hydrogen) atoms. The molecule has 0 amide bonds. The molecule has 0 atom stereocenters. The normalized spacial score (nSPS) is 10.8. The average Bonchev–Trinajstić information content (AvgIpc) is 2.85. The van der Waals surface area contributed by atoms with Gasteiger partial charge in [-0.05, 0) is 36.6 Å². The molecule has 0 bridgehead atoms. The first-order valence-corrected chi connectivity index (χ1v) is 6.17. The summed E-state index contributed by atoms with van der Waals surface area (Å²) in [5.74, 6) is 0.0398. The van der Waals surface area contributed by atoms with Crippen molar-refractivity contribution >= 4 is 5.88 Å². The Labute approximate surface area is 115 Å². The zero-order chi connectivity index (χ0) is 14.7. The number of halogens is 1. The van der Waals surface area contributed by atoms with Crippen LogP contribution < -0.4 is 5.32 Å². The summed E-state index contributed by atoms with van der Waals surface area (Å²) in [6.07, 6.45) is 0. The summed E-state index contributed by atoms with van der Waals surface area (Å²) in [5.41, 5.74) is 2.17. The predicted molar refractivity (Wildman–Crippen MR) is 71.8 cm³/mol. The topological polar surface area (TPSA) is 68.3 Å². The van der Waals surface area contributed by atoms with Gasteiger partial charge in [0.05, 0.1) is 12.6 Å². The lowest BCUT2D eigenvalue weighted by Gasteiger charge is -2.07. The summed E-state index contributed by atoms with van der Waals surface area (Å²) in [6.45, 7) is 4.36. The van der Waals surface area contributed by atoms with Crippen molar-refractivity contribution in [2.24, 2.45) is 0 Å². The molecule has 1 aromatic heterocycles. The molecule has 0 aliphatic rings. The van der Waals surface area contributed by atoms with Crippen LogP contribution in [-0.4, -0.2) is 4.92 Å². The number of hydrogen-bond acceptors (Lipinski definition) is 4. The van der Waals surface area contributed by atoms with Crippen molar-refractivity contribution in [3.05, 3.63) is 62.6 Å². The highest BCUT2D eigenvalue weighted by molar-refractivity contribution is 5.30. The Kier molecular flexibility index (Phi) is 4.14. The minimum atomic E-state index is -0.573. The Hall–Kier alpha value is -2.21. The highest BCUT2D eigenvalue weighted by Crippen LogP contribution is 2.16. The molecule has 2 aromatic rings. The quantitative estimate of drug-likeness (QED) is 0.673. The standard InChI is InChI=1S/C14H15FN2O3/c1-9-5-11(6-10(2)14(9)15)7-16-8-12-3-4-13(20-12)17(18)19/h3-6,16H,7-8H2,1-2H3. The van der Waals surface area contributed by atoms with Gasteiger partial charge >= 0.3 is 5.88 Å². The zero-order valence-electron chi connectivity index (χ0n) is 11.3. The maximum atomic E-state index is 13.5. The summed E-state index contributed by atoms with van der Waals surface area (Å²) >= 11 is 0. The van der Waals surface area contributed by atoms with Crippen molar-refractivity contribution in [1.29, 1.82) is 0 Å².